The number of urea groups is 1. The van der Waals surface area contributed by atoms with Gasteiger partial charge in [-0.15, -0.1) is 0 Å². The molecule has 2 aromatic carbocycles. The maximum Gasteiger partial charge on any atom is 0.325 e. The van der Waals surface area contributed by atoms with E-state index in [2.05, 4.69) is 10.3 Å². The summed E-state index contributed by atoms with van der Waals surface area (Å²) in [6.07, 6.45) is 1.24. The average molecular weight is 349 g/mol. The van der Waals surface area contributed by atoms with Crippen LogP contribution in [-0.2, 0) is 17.8 Å². The third-order valence-corrected chi connectivity index (χ3v) is 4.73. The van der Waals surface area contributed by atoms with Crippen molar-refractivity contribution in [1.82, 2.24) is 15.2 Å². The molecule has 1 aliphatic rings. The summed E-state index contributed by atoms with van der Waals surface area (Å²) in [5.41, 5.74) is 1.56. The van der Waals surface area contributed by atoms with E-state index in [9.17, 15) is 9.59 Å². The van der Waals surface area contributed by atoms with Gasteiger partial charge in [-0.2, -0.15) is 0 Å². The first-order valence-corrected chi connectivity index (χ1v) is 8.58. The Morgan fingerprint density at radius 1 is 1.08 bits per heavy atom. The number of rotatable bonds is 5. The van der Waals surface area contributed by atoms with Crippen LogP contribution in [-0.4, -0.2) is 27.4 Å². The lowest BCUT2D eigenvalue weighted by Gasteiger charge is -2.21. The van der Waals surface area contributed by atoms with Crippen molar-refractivity contribution in [2.24, 2.45) is 0 Å². The number of carbonyl (C=O) groups excluding carboxylic acids is 2. The molecule has 0 spiro atoms. The third kappa shape index (κ3) is 2.94. The van der Waals surface area contributed by atoms with Gasteiger partial charge in [-0.1, -0.05) is 42.5 Å². The molecular formula is C20H19N3O3. The number of aromatic nitrogens is 1. The number of hydrogen-bond donors (Lipinski definition) is 1. The monoisotopic (exact) mass is 349 g/mol. The second-order valence-electron chi connectivity index (χ2n) is 6.71. The molecular weight excluding hydrogens is 330 g/mol. The molecule has 2 heterocycles. The van der Waals surface area contributed by atoms with E-state index >= 15 is 0 Å². The highest BCUT2D eigenvalue weighted by atomic mass is 16.3. The number of fused-ring (bicyclic) bond motifs is 1. The zero-order valence-corrected chi connectivity index (χ0v) is 14.4. The van der Waals surface area contributed by atoms with Crippen LogP contribution in [0.1, 0.15) is 24.8 Å². The number of oxazole rings is 1. The van der Waals surface area contributed by atoms with Crippen LogP contribution in [0.4, 0.5) is 4.79 Å². The number of carbonyl (C=O) groups is 2. The molecule has 3 amide bonds. The van der Waals surface area contributed by atoms with Gasteiger partial charge in [0.1, 0.15) is 17.6 Å². The fourth-order valence-corrected chi connectivity index (χ4v) is 3.22. The zero-order chi connectivity index (χ0) is 18.1. The molecule has 1 fully saturated rings. The number of nitrogens with zero attached hydrogens (tertiary/aromatic N) is 2. The van der Waals surface area contributed by atoms with Crippen LogP contribution in [0.3, 0.4) is 0 Å². The maximum atomic E-state index is 12.9. The van der Waals surface area contributed by atoms with Crippen LogP contribution in [0, 0.1) is 0 Å². The van der Waals surface area contributed by atoms with E-state index in [4.69, 9.17) is 4.42 Å². The Morgan fingerprint density at radius 2 is 1.81 bits per heavy atom. The summed E-state index contributed by atoms with van der Waals surface area (Å²) in [5, 5.41) is 2.82. The van der Waals surface area contributed by atoms with Crippen molar-refractivity contribution in [3.63, 3.8) is 0 Å². The van der Waals surface area contributed by atoms with Crippen molar-refractivity contribution >= 4 is 23.0 Å². The summed E-state index contributed by atoms with van der Waals surface area (Å²) >= 11 is 0. The molecule has 0 radical (unpaired) electrons. The molecule has 4 rings (SSSR count). The van der Waals surface area contributed by atoms with Crippen LogP contribution in [0.15, 0.2) is 59.0 Å². The highest BCUT2D eigenvalue weighted by Gasteiger charge is 2.47. The van der Waals surface area contributed by atoms with Gasteiger partial charge in [0, 0.05) is 0 Å². The predicted octanol–water partition coefficient (Wildman–Crippen LogP) is 3.27. The number of nitrogens with one attached hydrogen (secondary N) is 1. The van der Waals surface area contributed by atoms with Gasteiger partial charge in [0.25, 0.3) is 5.91 Å². The summed E-state index contributed by atoms with van der Waals surface area (Å²) < 4.78 is 5.64. The van der Waals surface area contributed by atoms with Crippen molar-refractivity contribution in [2.75, 3.05) is 0 Å². The lowest BCUT2D eigenvalue weighted by Crippen LogP contribution is -2.44. The normalized spacial score (nSPS) is 20.0. The smallest absolute Gasteiger partial charge is 0.325 e. The summed E-state index contributed by atoms with van der Waals surface area (Å²) in [6, 6.07) is 16.9. The number of imide groups is 1. The highest BCUT2D eigenvalue weighted by Crippen LogP contribution is 2.25. The molecule has 1 aliphatic heterocycles. The largest absolute Gasteiger partial charge is 0.439 e. The summed E-state index contributed by atoms with van der Waals surface area (Å²) in [7, 11) is 0. The first kappa shape index (κ1) is 16.3. The predicted molar refractivity (Wildman–Crippen MR) is 96.3 cm³/mol. The standard InChI is InChI=1S/C20H19N3O3/c1-20(12-11-14-7-3-2-4-8-14)18(24)23(19(25)22-20)13-17-21-15-9-5-6-10-16(15)26-17/h2-10H,11-13H2,1H3,(H,22,25)/t20-/m0/s1. The SMILES string of the molecule is C[C@@]1(CCc2ccccc2)NC(=O)N(Cc2nc3ccccc3o2)C1=O. The van der Waals surface area contributed by atoms with Crippen molar-refractivity contribution in [3.05, 3.63) is 66.1 Å². The molecule has 6 nitrogen and oxygen atoms in total. The quantitative estimate of drug-likeness (QED) is 0.717. The minimum Gasteiger partial charge on any atom is -0.439 e. The summed E-state index contributed by atoms with van der Waals surface area (Å²) in [6.45, 7) is 1.79. The van der Waals surface area contributed by atoms with E-state index in [1.165, 1.54) is 4.90 Å². The van der Waals surface area contributed by atoms with Crippen molar-refractivity contribution < 1.29 is 14.0 Å². The van der Waals surface area contributed by atoms with Crippen LogP contribution >= 0.6 is 0 Å². The Morgan fingerprint density at radius 3 is 2.58 bits per heavy atom. The van der Waals surface area contributed by atoms with Gasteiger partial charge in [-0.3, -0.25) is 9.69 Å². The molecule has 1 aromatic heterocycles. The number of aryl methyl sites for hydroxylation is 1. The van der Waals surface area contributed by atoms with Crippen LogP contribution in [0.25, 0.3) is 11.1 Å². The fraction of sp³-hybridized carbons (Fsp3) is 0.250. The Balaban J connectivity index is 1.49. The van der Waals surface area contributed by atoms with E-state index in [0.29, 0.717) is 29.8 Å². The highest BCUT2D eigenvalue weighted by molar-refractivity contribution is 6.06. The Kier molecular flexibility index (Phi) is 3.95. The molecule has 0 unspecified atom stereocenters. The minimum atomic E-state index is -0.918. The van der Waals surface area contributed by atoms with Crippen LogP contribution < -0.4 is 5.32 Å². The first-order valence-electron chi connectivity index (χ1n) is 8.58. The van der Waals surface area contributed by atoms with Gasteiger partial charge in [0.2, 0.25) is 5.89 Å². The van der Waals surface area contributed by atoms with E-state index < -0.39 is 11.6 Å². The first-order chi connectivity index (χ1) is 12.5. The second kappa shape index (κ2) is 6.29. The van der Waals surface area contributed by atoms with Crippen molar-refractivity contribution in [1.29, 1.82) is 0 Å². The molecule has 0 bridgehead atoms. The molecule has 1 saturated heterocycles. The zero-order valence-electron chi connectivity index (χ0n) is 14.4. The maximum absolute atomic E-state index is 12.9. The molecule has 26 heavy (non-hydrogen) atoms. The van der Waals surface area contributed by atoms with Crippen LogP contribution in [0.5, 0.6) is 0 Å². The van der Waals surface area contributed by atoms with Crippen molar-refractivity contribution in [3.8, 4) is 0 Å². The Bertz CT molecular complexity index is 934. The third-order valence-electron chi connectivity index (χ3n) is 4.73. The van der Waals surface area contributed by atoms with Gasteiger partial charge in [-0.05, 0) is 37.5 Å². The topological polar surface area (TPSA) is 75.4 Å². The molecule has 1 atom stereocenters. The van der Waals surface area contributed by atoms with E-state index in [0.717, 1.165) is 5.56 Å². The van der Waals surface area contributed by atoms with Crippen molar-refractivity contribution in [2.45, 2.75) is 31.8 Å². The molecule has 132 valence electrons. The van der Waals surface area contributed by atoms with Gasteiger partial charge < -0.3 is 9.73 Å². The molecule has 3 aromatic rings. The van der Waals surface area contributed by atoms with E-state index in [-0.39, 0.29) is 12.5 Å². The fourth-order valence-electron chi connectivity index (χ4n) is 3.22. The van der Waals surface area contributed by atoms with Gasteiger partial charge in [0.15, 0.2) is 5.58 Å². The Hall–Kier alpha value is -3.15. The number of para-hydroxylation sites is 2. The molecule has 1 N–H and O–H groups in total. The second-order valence-corrected chi connectivity index (χ2v) is 6.71. The lowest BCUT2D eigenvalue weighted by atomic mass is 9.93. The van der Waals surface area contributed by atoms with Gasteiger partial charge >= 0.3 is 6.03 Å². The van der Waals surface area contributed by atoms with Gasteiger partial charge in [-0.25, -0.2) is 9.78 Å². The summed E-state index contributed by atoms with van der Waals surface area (Å²) in [5.74, 6) is 0.0997. The van der Waals surface area contributed by atoms with E-state index in [1.54, 1.807) is 6.92 Å². The molecule has 0 saturated carbocycles. The number of hydrogen-bond acceptors (Lipinski definition) is 4. The minimum absolute atomic E-state index is 0.0280. The molecule has 0 aliphatic carbocycles. The van der Waals surface area contributed by atoms with Crippen LogP contribution in [0.2, 0.25) is 0 Å². The summed E-state index contributed by atoms with van der Waals surface area (Å²) in [4.78, 5) is 30.7. The average Bonchev–Trinajstić information content (AvgIpc) is 3.15. The van der Waals surface area contributed by atoms with E-state index in [1.807, 2.05) is 54.6 Å². The lowest BCUT2D eigenvalue weighted by molar-refractivity contribution is -0.131. The Labute approximate surface area is 150 Å². The van der Waals surface area contributed by atoms with Gasteiger partial charge in [0.05, 0.1) is 0 Å². The number of amides is 3. The molecule has 6 heteroatoms. The number of benzene rings is 2.